The first-order chi connectivity index (χ1) is 10.5. The predicted molar refractivity (Wildman–Crippen MR) is 83.4 cm³/mol. The maximum atomic E-state index is 11.0. The minimum Gasteiger partial charge on any atom is -0.480 e. The summed E-state index contributed by atoms with van der Waals surface area (Å²) in [5.74, 6) is -0.572. The van der Waals surface area contributed by atoms with Crippen molar-refractivity contribution < 1.29 is 19.1 Å². The van der Waals surface area contributed by atoms with E-state index in [0.29, 0.717) is 0 Å². The Hall–Kier alpha value is -2.82. The third kappa shape index (κ3) is 6.56. The highest BCUT2D eigenvalue weighted by Gasteiger charge is 2.18. The van der Waals surface area contributed by atoms with Gasteiger partial charge < -0.3 is 14.8 Å². The summed E-state index contributed by atoms with van der Waals surface area (Å²) in [5.41, 5.74) is 0.860. The molecule has 0 spiro atoms. The van der Waals surface area contributed by atoms with Crippen molar-refractivity contribution in [2.24, 2.45) is 0 Å². The lowest BCUT2D eigenvalue weighted by Gasteiger charge is -2.13. The van der Waals surface area contributed by atoms with Crippen LogP contribution in [0.5, 0.6) is 0 Å². The number of hydrogen-bond acceptors (Lipinski definition) is 3. The monoisotopic (exact) mass is 301 g/mol. The topological polar surface area (TPSA) is 79.5 Å². The van der Waals surface area contributed by atoms with Crippen molar-refractivity contribution in [3.8, 4) is 0 Å². The van der Waals surface area contributed by atoms with Crippen LogP contribution in [0.2, 0.25) is 0 Å². The minimum absolute atomic E-state index is 0.260. The Morgan fingerprint density at radius 2 is 1.95 bits per heavy atom. The summed E-state index contributed by atoms with van der Waals surface area (Å²) < 4.78 is 4.83. The fourth-order valence-corrected chi connectivity index (χ4v) is 1.64. The summed E-state index contributed by atoms with van der Waals surface area (Å²) in [6.07, 6.45) is 2.98. The Bertz CT molecular complexity index is 590. The van der Waals surface area contributed by atoms with Gasteiger partial charge in [0.25, 0.3) is 0 Å². The first-order valence-corrected chi connectivity index (χ1v) is 6.72. The van der Waals surface area contributed by atoms with Crippen molar-refractivity contribution in [3.05, 3.63) is 72.7 Å². The molecule has 1 amide bonds. The second-order valence-electron chi connectivity index (χ2n) is 4.52. The zero-order valence-corrected chi connectivity index (χ0v) is 12.4. The molecule has 0 saturated carbocycles. The molecule has 1 atom stereocenters. The van der Waals surface area contributed by atoms with E-state index in [1.54, 1.807) is 6.26 Å². The Morgan fingerprint density at radius 3 is 2.36 bits per heavy atom. The Morgan fingerprint density at radius 1 is 1.27 bits per heavy atom. The van der Waals surface area contributed by atoms with Crippen LogP contribution in [0.4, 0.5) is 0 Å². The van der Waals surface area contributed by atoms with E-state index in [4.69, 9.17) is 9.52 Å². The van der Waals surface area contributed by atoms with Crippen LogP contribution in [0.3, 0.4) is 0 Å². The summed E-state index contributed by atoms with van der Waals surface area (Å²) >= 11 is 0. The molecule has 0 bridgehead atoms. The largest absolute Gasteiger partial charge is 0.480 e. The van der Waals surface area contributed by atoms with Gasteiger partial charge in [0.1, 0.15) is 11.8 Å². The van der Waals surface area contributed by atoms with Crippen molar-refractivity contribution >= 4 is 11.9 Å². The molecule has 1 aromatic carbocycles. The summed E-state index contributed by atoms with van der Waals surface area (Å²) in [4.78, 5) is 21.9. The van der Waals surface area contributed by atoms with E-state index in [9.17, 15) is 9.59 Å². The molecular weight excluding hydrogens is 282 g/mol. The summed E-state index contributed by atoms with van der Waals surface area (Å²) in [6, 6.07) is 12.0. The highest BCUT2D eigenvalue weighted by Crippen LogP contribution is 2.03. The smallest absolute Gasteiger partial charge is 0.326 e. The fourth-order valence-electron chi connectivity index (χ4n) is 1.64. The van der Waals surface area contributed by atoms with Gasteiger partial charge in [-0.15, -0.1) is 0 Å². The van der Waals surface area contributed by atoms with Gasteiger partial charge >= 0.3 is 5.97 Å². The minimum atomic E-state index is -1.06. The fraction of sp³-hybridized carbons (Fsp3) is 0.176. The number of carboxylic acids is 1. The van der Waals surface area contributed by atoms with Crippen molar-refractivity contribution in [3.63, 3.8) is 0 Å². The lowest BCUT2D eigenvalue weighted by Crippen LogP contribution is -2.41. The molecule has 0 radical (unpaired) electrons. The Kier molecular flexibility index (Phi) is 7.19. The van der Waals surface area contributed by atoms with Crippen LogP contribution >= 0.6 is 0 Å². The standard InChI is InChI=1S/C12H13NO3.C5H6O/c1-2-11(14)13-10(12(15)16)8-9-6-4-3-5-7-9;1-5-3-2-4-6-5/h2-7,10H,1,8H2,(H,13,14)(H,15,16);2-4H,1H3/t10-;/m0./s1. The van der Waals surface area contributed by atoms with Crippen LogP contribution < -0.4 is 5.32 Å². The van der Waals surface area contributed by atoms with Crippen molar-refractivity contribution in [1.82, 2.24) is 5.32 Å². The molecule has 0 fully saturated rings. The van der Waals surface area contributed by atoms with E-state index < -0.39 is 17.9 Å². The summed E-state index contributed by atoms with van der Waals surface area (Å²) in [6.45, 7) is 5.19. The molecule has 0 saturated heterocycles. The van der Waals surface area contributed by atoms with Gasteiger partial charge in [0.05, 0.1) is 6.26 Å². The number of aryl methyl sites for hydroxylation is 1. The molecule has 2 aromatic rings. The summed E-state index contributed by atoms with van der Waals surface area (Å²) in [5, 5.41) is 11.3. The first-order valence-electron chi connectivity index (χ1n) is 6.72. The van der Waals surface area contributed by atoms with Crippen LogP contribution in [-0.2, 0) is 16.0 Å². The number of carboxylic acid groups (broad SMARTS) is 1. The lowest BCUT2D eigenvalue weighted by molar-refractivity contribution is -0.141. The molecular formula is C17H19NO4. The van der Waals surface area contributed by atoms with Crippen LogP contribution in [0.1, 0.15) is 11.3 Å². The molecule has 0 aliphatic rings. The SMILES string of the molecule is C=CC(=O)N[C@@H](Cc1ccccc1)C(=O)O.Cc1ccco1. The third-order valence-electron chi connectivity index (χ3n) is 2.75. The quantitative estimate of drug-likeness (QED) is 0.832. The number of hydrogen-bond donors (Lipinski definition) is 2. The van der Waals surface area contributed by atoms with Crippen LogP contribution in [0, 0.1) is 6.92 Å². The van der Waals surface area contributed by atoms with Crippen molar-refractivity contribution in [2.45, 2.75) is 19.4 Å². The molecule has 1 heterocycles. The zero-order chi connectivity index (χ0) is 16.4. The highest BCUT2D eigenvalue weighted by atomic mass is 16.4. The molecule has 116 valence electrons. The number of carbonyl (C=O) groups is 2. The average molecular weight is 301 g/mol. The predicted octanol–water partition coefficient (Wildman–Crippen LogP) is 2.57. The number of rotatable bonds is 5. The molecule has 0 aliphatic carbocycles. The molecule has 22 heavy (non-hydrogen) atoms. The number of benzene rings is 1. The first kappa shape index (κ1) is 17.2. The van der Waals surface area contributed by atoms with Gasteiger partial charge in [0.2, 0.25) is 5.91 Å². The second-order valence-corrected chi connectivity index (χ2v) is 4.52. The van der Waals surface area contributed by atoms with Crippen LogP contribution in [-0.4, -0.2) is 23.0 Å². The molecule has 0 aliphatic heterocycles. The van der Waals surface area contributed by atoms with Gasteiger partial charge in [-0.05, 0) is 30.7 Å². The third-order valence-corrected chi connectivity index (χ3v) is 2.75. The van der Waals surface area contributed by atoms with Gasteiger partial charge in [0, 0.05) is 6.42 Å². The van der Waals surface area contributed by atoms with E-state index in [1.165, 1.54) is 0 Å². The molecule has 1 aromatic heterocycles. The van der Waals surface area contributed by atoms with Gasteiger partial charge in [-0.2, -0.15) is 0 Å². The molecule has 2 N–H and O–H groups in total. The second kappa shape index (κ2) is 9.18. The molecule has 5 heteroatoms. The van der Waals surface area contributed by atoms with Gasteiger partial charge in [-0.1, -0.05) is 36.9 Å². The number of aliphatic carboxylic acids is 1. The molecule has 0 unspecified atom stereocenters. The molecule has 5 nitrogen and oxygen atoms in total. The van der Waals surface area contributed by atoms with Crippen molar-refractivity contribution in [1.29, 1.82) is 0 Å². The van der Waals surface area contributed by atoms with Crippen molar-refractivity contribution in [2.75, 3.05) is 0 Å². The van der Waals surface area contributed by atoms with E-state index >= 15 is 0 Å². The zero-order valence-electron chi connectivity index (χ0n) is 12.4. The van der Waals surface area contributed by atoms with E-state index in [0.717, 1.165) is 17.4 Å². The Labute approximate surface area is 129 Å². The van der Waals surface area contributed by atoms with E-state index in [2.05, 4.69) is 11.9 Å². The maximum absolute atomic E-state index is 11.0. The summed E-state index contributed by atoms with van der Waals surface area (Å²) in [7, 11) is 0. The molecule has 2 rings (SSSR count). The highest BCUT2D eigenvalue weighted by molar-refractivity contribution is 5.90. The maximum Gasteiger partial charge on any atom is 0.326 e. The van der Waals surface area contributed by atoms with E-state index in [1.807, 2.05) is 49.4 Å². The van der Waals surface area contributed by atoms with Crippen LogP contribution in [0.15, 0.2) is 65.8 Å². The van der Waals surface area contributed by atoms with Crippen LogP contribution in [0.25, 0.3) is 0 Å². The van der Waals surface area contributed by atoms with Gasteiger partial charge in [-0.25, -0.2) is 4.79 Å². The Balaban J connectivity index is 0.000000335. The number of nitrogens with one attached hydrogen (secondary N) is 1. The van der Waals surface area contributed by atoms with E-state index in [-0.39, 0.29) is 6.42 Å². The van der Waals surface area contributed by atoms with Gasteiger partial charge in [-0.3, -0.25) is 4.79 Å². The average Bonchev–Trinajstić information content (AvgIpc) is 2.99. The number of amides is 1. The number of furan rings is 1. The number of carbonyl (C=O) groups excluding carboxylic acids is 1. The normalized spacial score (nSPS) is 10.8. The lowest BCUT2D eigenvalue weighted by atomic mass is 10.1. The van der Waals surface area contributed by atoms with Gasteiger partial charge in [0.15, 0.2) is 0 Å².